The summed E-state index contributed by atoms with van der Waals surface area (Å²) in [6.07, 6.45) is 1.54. The van der Waals surface area contributed by atoms with E-state index in [1.165, 1.54) is 6.21 Å². The van der Waals surface area contributed by atoms with Crippen LogP contribution in [0.5, 0.6) is 5.75 Å². The van der Waals surface area contributed by atoms with Crippen LogP contribution in [0.3, 0.4) is 0 Å². The van der Waals surface area contributed by atoms with Crippen LogP contribution in [0.1, 0.15) is 5.56 Å². The van der Waals surface area contributed by atoms with Crippen molar-refractivity contribution in [2.45, 2.75) is 0 Å². The number of aromatic hydroxyl groups is 1. The highest BCUT2D eigenvalue weighted by Gasteiger charge is 2.18. The third-order valence-electron chi connectivity index (χ3n) is 4.44. The van der Waals surface area contributed by atoms with Gasteiger partial charge in [0.2, 0.25) is 5.69 Å². The van der Waals surface area contributed by atoms with E-state index in [9.17, 15) is 10.3 Å². The second kappa shape index (κ2) is 7.25. The summed E-state index contributed by atoms with van der Waals surface area (Å²) in [5, 5.41) is 25.4. The quantitative estimate of drug-likeness (QED) is 0.185. The number of nitrogens with zero attached hydrogens (tertiary/aromatic N) is 1. The highest BCUT2D eigenvalue weighted by molar-refractivity contribution is 9.10. The molecule has 0 unspecified atom stereocenters. The number of benzene rings is 4. The summed E-state index contributed by atoms with van der Waals surface area (Å²) >= 11 is 3.50. The maximum absolute atomic E-state index is 12.9. The Balaban J connectivity index is 1.95. The van der Waals surface area contributed by atoms with Gasteiger partial charge in [-0.15, -0.1) is 0 Å². The number of hydrogen-bond acceptors (Lipinski definition) is 2. The highest BCUT2D eigenvalue weighted by atomic mass is 79.9. The third kappa shape index (κ3) is 3.44. The maximum atomic E-state index is 12.9. The Morgan fingerprint density at radius 1 is 0.852 bits per heavy atom. The van der Waals surface area contributed by atoms with E-state index >= 15 is 0 Å². The molecule has 4 heteroatoms. The van der Waals surface area contributed by atoms with Crippen molar-refractivity contribution in [2.75, 3.05) is 0 Å². The summed E-state index contributed by atoms with van der Waals surface area (Å²) in [5.41, 5.74) is 2.61. The maximum Gasteiger partial charge on any atom is 0.224 e. The highest BCUT2D eigenvalue weighted by Crippen LogP contribution is 2.41. The molecular formula is C23H16BrNO2. The zero-order valence-electron chi connectivity index (χ0n) is 14.3. The van der Waals surface area contributed by atoms with Crippen LogP contribution in [0.25, 0.3) is 21.9 Å². The minimum absolute atomic E-state index is 0.140. The van der Waals surface area contributed by atoms with Gasteiger partial charge in [-0.2, -0.15) is 4.74 Å². The van der Waals surface area contributed by atoms with Gasteiger partial charge in [0.1, 0.15) is 5.75 Å². The van der Waals surface area contributed by atoms with E-state index in [1.54, 1.807) is 12.1 Å². The minimum Gasteiger partial charge on any atom is -0.618 e. The molecule has 0 bridgehead atoms. The van der Waals surface area contributed by atoms with E-state index in [0.29, 0.717) is 16.8 Å². The second-order valence-corrected chi connectivity index (χ2v) is 7.12. The van der Waals surface area contributed by atoms with Crippen molar-refractivity contribution in [1.82, 2.24) is 0 Å². The fourth-order valence-electron chi connectivity index (χ4n) is 3.18. The van der Waals surface area contributed by atoms with Crippen LogP contribution >= 0.6 is 15.9 Å². The molecule has 1 N–H and O–H groups in total. The molecule has 0 fully saturated rings. The van der Waals surface area contributed by atoms with Gasteiger partial charge >= 0.3 is 0 Å². The molecule has 0 radical (unpaired) electrons. The number of fused-ring (bicyclic) bond motifs is 1. The van der Waals surface area contributed by atoms with Gasteiger partial charge < -0.3 is 10.3 Å². The molecule has 0 atom stereocenters. The normalized spacial score (nSPS) is 11.7. The van der Waals surface area contributed by atoms with Gasteiger partial charge in [-0.25, -0.2) is 0 Å². The van der Waals surface area contributed by atoms with Crippen LogP contribution in [0.4, 0.5) is 5.69 Å². The SMILES string of the molecule is [O-]/[N+](=C\c1ccccc1)c1ccccc1-c1c(O)ccc2ccc(Br)cc12. The number of hydrogen-bond donors (Lipinski definition) is 1. The van der Waals surface area contributed by atoms with E-state index in [4.69, 9.17) is 0 Å². The smallest absolute Gasteiger partial charge is 0.224 e. The molecule has 0 aliphatic heterocycles. The Hall–Kier alpha value is -3.11. The zero-order chi connectivity index (χ0) is 18.8. The van der Waals surface area contributed by atoms with Crippen molar-refractivity contribution in [3.63, 3.8) is 0 Å². The molecule has 4 rings (SSSR count). The van der Waals surface area contributed by atoms with Gasteiger partial charge in [-0.1, -0.05) is 58.4 Å². The molecule has 0 spiro atoms. The first-order valence-electron chi connectivity index (χ1n) is 8.50. The van der Waals surface area contributed by atoms with Gasteiger partial charge in [-0.05, 0) is 47.2 Å². The lowest BCUT2D eigenvalue weighted by atomic mass is 9.96. The predicted octanol–water partition coefficient (Wildman–Crippen LogP) is 6.24. The molecule has 4 aromatic carbocycles. The standard InChI is InChI=1S/C23H16BrNO2/c24-18-12-10-17-11-13-22(26)23(20(17)14-18)19-8-4-5-9-21(19)25(27)15-16-6-2-1-3-7-16/h1-15,26H/b25-15-. The van der Waals surface area contributed by atoms with Crippen molar-refractivity contribution >= 4 is 38.6 Å². The lowest BCUT2D eigenvalue weighted by molar-refractivity contribution is -0.353. The van der Waals surface area contributed by atoms with Crippen LogP contribution in [0, 0.1) is 5.21 Å². The molecule has 0 saturated carbocycles. The fraction of sp³-hybridized carbons (Fsp3) is 0. The van der Waals surface area contributed by atoms with Crippen LogP contribution in [0.15, 0.2) is 89.4 Å². The number of rotatable bonds is 3. The van der Waals surface area contributed by atoms with Gasteiger partial charge in [0.05, 0.1) is 5.56 Å². The summed E-state index contributed by atoms with van der Waals surface area (Å²) in [7, 11) is 0. The number of para-hydroxylation sites is 1. The van der Waals surface area contributed by atoms with Crippen molar-refractivity contribution in [3.05, 3.63) is 100 Å². The van der Waals surface area contributed by atoms with E-state index in [0.717, 1.165) is 25.5 Å². The first kappa shape index (κ1) is 17.3. The Bertz CT molecular complexity index is 1150. The van der Waals surface area contributed by atoms with Crippen LogP contribution in [-0.2, 0) is 0 Å². The summed E-state index contributed by atoms with van der Waals surface area (Å²) in [5.74, 6) is 0.140. The topological polar surface area (TPSA) is 46.3 Å². The van der Waals surface area contributed by atoms with Crippen molar-refractivity contribution in [1.29, 1.82) is 0 Å². The first-order valence-corrected chi connectivity index (χ1v) is 9.30. The molecule has 0 aliphatic carbocycles. The molecule has 0 heterocycles. The van der Waals surface area contributed by atoms with E-state index in [2.05, 4.69) is 15.9 Å². The van der Waals surface area contributed by atoms with E-state index < -0.39 is 0 Å². The Labute approximate surface area is 165 Å². The zero-order valence-corrected chi connectivity index (χ0v) is 15.9. The number of halogens is 1. The average molecular weight is 418 g/mol. The van der Waals surface area contributed by atoms with Gasteiger partial charge in [0.15, 0.2) is 6.21 Å². The molecule has 27 heavy (non-hydrogen) atoms. The second-order valence-electron chi connectivity index (χ2n) is 6.21. The largest absolute Gasteiger partial charge is 0.618 e. The number of phenols is 1. The van der Waals surface area contributed by atoms with Crippen molar-refractivity contribution in [3.8, 4) is 16.9 Å². The van der Waals surface area contributed by atoms with Gasteiger partial charge in [-0.3, -0.25) is 0 Å². The third-order valence-corrected chi connectivity index (χ3v) is 4.93. The Morgan fingerprint density at radius 3 is 2.37 bits per heavy atom. The average Bonchev–Trinajstić information content (AvgIpc) is 2.68. The monoisotopic (exact) mass is 417 g/mol. The summed E-state index contributed by atoms with van der Waals surface area (Å²) in [6, 6.07) is 26.2. The summed E-state index contributed by atoms with van der Waals surface area (Å²) in [6.45, 7) is 0. The lowest BCUT2D eigenvalue weighted by Crippen LogP contribution is -2.00. The van der Waals surface area contributed by atoms with E-state index in [1.807, 2.05) is 72.8 Å². The Morgan fingerprint density at radius 2 is 1.56 bits per heavy atom. The predicted molar refractivity (Wildman–Crippen MR) is 114 cm³/mol. The van der Waals surface area contributed by atoms with Gasteiger partial charge in [0.25, 0.3) is 0 Å². The minimum atomic E-state index is 0.140. The molecule has 0 aromatic heterocycles. The van der Waals surface area contributed by atoms with Gasteiger partial charge in [0, 0.05) is 21.7 Å². The van der Waals surface area contributed by atoms with Crippen molar-refractivity contribution in [2.24, 2.45) is 0 Å². The summed E-state index contributed by atoms with van der Waals surface area (Å²) < 4.78 is 1.76. The van der Waals surface area contributed by atoms with Crippen molar-refractivity contribution < 1.29 is 9.85 Å². The van der Waals surface area contributed by atoms with E-state index in [-0.39, 0.29) is 5.75 Å². The molecule has 0 saturated heterocycles. The molecule has 0 amide bonds. The molecule has 132 valence electrons. The number of phenolic OH excluding ortho intramolecular Hbond substituents is 1. The first-order chi connectivity index (χ1) is 13.1. The molecule has 4 aromatic rings. The molecular weight excluding hydrogens is 402 g/mol. The molecule has 3 nitrogen and oxygen atoms in total. The van der Waals surface area contributed by atoms with Crippen LogP contribution in [-0.4, -0.2) is 16.1 Å². The van der Waals surface area contributed by atoms with Crippen LogP contribution < -0.4 is 0 Å². The lowest BCUT2D eigenvalue weighted by Gasteiger charge is -2.13. The van der Waals surface area contributed by atoms with Crippen LogP contribution in [0.2, 0.25) is 0 Å². The Kier molecular flexibility index (Phi) is 4.65. The fourth-order valence-corrected chi connectivity index (χ4v) is 3.55. The summed E-state index contributed by atoms with van der Waals surface area (Å²) in [4.78, 5) is 0. The molecule has 0 aliphatic rings.